The lowest BCUT2D eigenvalue weighted by Gasteiger charge is -2.14. The Labute approximate surface area is 189 Å². The number of hydrazine groups is 2. The first-order valence-corrected chi connectivity index (χ1v) is 10.2. The fraction of sp³-hybridized carbons (Fsp3) is 0.130. The van der Waals surface area contributed by atoms with Gasteiger partial charge in [-0.1, -0.05) is 54.1 Å². The van der Waals surface area contributed by atoms with Gasteiger partial charge in [0.15, 0.2) is 11.6 Å². The fourth-order valence-electron chi connectivity index (χ4n) is 3.28. The van der Waals surface area contributed by atoms with Gasteiger partial charge in [0, 0.05) is 5.56 Å². The molecular formula is C23H21ClN4O4. The molecule has 1 heterocycles. The number of hydrogen-bond donors (Lipinski definition) is 5. The maximum absolute atomic E-state index is 11.5. The van der Waals surface area contributed by atoms with Crippen LogP contribution in [0.4, 0.5) is 0 Å². The molecule has 0 saturated heterocycles. The number of ether oxygens (including phenoxy) is 1. The zero-order valence-corrected chi connectivity index (χ0v) is 17.8. The van der Waals surface area contributed by atoms with Crippen molar-refractivity contribution in [2.24, 2.45) is 5.10 Å². The number of carbonyl (C=O) groups excluding carboxylic acids is 1. The van der Waals surface area contributed by atoms with Crippen molar-refractivity contribution in [1.82, 2.24) is 16.5 Å². The zero-order valence-electron chi connectivity index (χ0n) is 17.1. The fourth-order valence-corrected chi connectivity index (χ4v) is 3.50. The average molecular weight is 453 g/mol. The van der Waals surface area contributed by atoms with Gasteiger partial charge in [0.1, 0.15) is 29.2 Å². The number of aliphatic hydroxyl groups is 1. The van der Waals surface area contributed by atoms with Crippen LogP contribution < -0.4 is 21.2 Å². The number of amidine groups is 1. The summed E-state index contributed by atoms with van der Waals surface area (Å²) in [6.45, 7) is 1.56. The first-order chi connectivity index (χ1) is 15.4. The highest BCUT2D eigenvalue weighted by Gasteiger charge is 2.16. The van der Waals surface area contributed by atoms with E-state index in [-0.39, 0.29) is 34.5 Å². The molecule has 3 aromatic carbocycles. The van der Waals surface area contributed by atoms with E-state index in [9.17, 15) is 15.0 Å². The van der Waals surface area contributed by atoms with E-state index in [1.807, 2.05) is 48.5 Å². The number of ketones is 1. The molecule has 0 spiro atoms. The second-order valence-corrected chi connectivity index (χ2v) is 7.59. The van der Waals surface area contributed by atoms with Gasteiger partial charge >= 0.3 is 0 Å². The van der Waals surface area contributed by atoms with Crippen LogP contribution in [0.15, 0.2) is 65.8 Å². The van der Waals surface area contributed by atoms with Crippen molar-refractivity contribution in [3.05, 3.63) is 93.5 Å². The third-order valence-electron chi connectivity index (χ3n) is 5.03. The van der Waals surface area contributed by atoms with E-state index < -0.39 is 6.10 Å². The molecule has 0 aliphatic carbocycles. The van der Waals surface area contributed by atoms with Gasteiger partial charge in [-0.05, 0) is 41.8 Å². The Balaban J connectivity index is 1.44. The first-order valence-electron chi connectivity index (χ1n) is 9.80. The molecule has 9 heteroatoms. The van der Waals surface area contributed by atoms with Gasteiger partial charge in [-0.3, -0.25) is 10.2 Å². The predicted octanol–water partition coefficient (Wildman–Crippen LogP) is 3.18. The third-order valence-corrected chi connectivity index (χ3v) is 5.40. The standard InChI is InChI=1S/C23H21ClN4O4/c1-13(29)18-9-10-19(20(24)22(18)31)32-12-14-5-7-15(8-6-14)21(30)16-3-2-4-17(11-16)23-25-27-28-26-23/h2-11,21,27-28,30-31H,12H2,1H3,(H,25,26). The lowest BCUT2D eigenvalue weighted by Crippen LogP contribution is -2.35. The monoisotopic (exact) mass is 452 g/mol. The molecule has 0 amide bonds. The molecule has 1 atom stereocenters. The van der Waals surface area contributed by atoms with Gasteiger partial charge in [-0.15, -0.1) is 10.6 Å². The second-order valence-electron chi connectivity index (χ2n) is 7.21. The number of nitrogens with one attached hydrogen (secondary N) is 3. The molecule has 0 radical (unpaired) electrons. The van der Waals surface area contributed by atoms with Crippen molar-refractivity contribution in [3.63, 3.8) is 0 Å². The molecule has 0 bridgehead atoms. The number of nitrogens with zero attached hydrogens (tertiary/aromatic N) is 1. The molecule has 1 aliphatic rings. The lowest BCUT2D eigenvalue weighted by atomic mass is 9.98. The predicted molar refractivity (Wildman–Crippen MR) is 120 cm³/mol. The summed E-state index contributed by atoms with van der Waals surface area (Å²) >= 11 is 6.12. The van der Waals surface area contributed by atoms with Crippen molar-refractivity contribution in [2.45, 2.75) is 19.6 Å². The smallest absolute Gasteiger partial charge is 0.170 e. The summed E-state index contributed by atoms with van der Waals surface area (Å²) < 4.78 is 5.70. The Hall–Kier alpha value is -3.59. The first kappa shape index (κ1) is 21.6. The quantitative estimate of drug-likeness (QED) is 0.350. The van der Waals surface area contributed by atoms with E-state index in [1.54, 1.807) is 6.07 Å². The van der Waals surface area contributed by atoms with Crippen molar-refractivity contribution in [2.75, 3.05) is 0 Å². The van der Waals surface area contributed by atoms with Gasteiger partial charge in [-0.25, -0.2) is 5.53 Å². The summed E-state index contributed by atoms with van der Waals surface area (Å²) in [6.07, 6.45) is -0.807. The Bertz CT molecular complexity index is 1180. The zero-order chi connectivity index (χ0) is 22.7. The minimum atomic E-state index is -0.807. The van der Waals surface area contributed by atoms with Crippen LogP contribution in [0.1, 0.15) is 45.6 Å². The molecule has 8 nitrogen and oxygen atoms in total. The van der Waals surface area contributed by atoms with Crippen LogP contribution in [0.3, 0.4) is 0 Å². The number of Topliss-reactive ketones (excluding diaryl/α,β-unsaturated/α-hetero) is 1. The second kappa shape index (κ2) is 9.27. The number of benzene rings is 3. The highest BCUT2D eigenvalue weighted by atomic mass is 35.5. The van der Waals surface area contributed by atoms with Crippen LogP contribution in [-0.2, 0) is 6.61 Å². The highest BCUT2D eigenvalue weighted by Crippen LogP contribution is 2.36. The van der Waals surface area contributed by atoms with Gasteiger partial charge in [0.05, 0.1) is 5.56 Å². The van der Waals surface area contributed by atoms with Gasteiger partial charge in [-0.2, -0.15) is 0 Å². The van der Waals surface area contributed by atoms with E-state index in [4.69, 9.17) is 16.3 Å². The molecule has 4 rings (SSSR count). The largest absolute Gasteiger partial charge is 0.505 e. The molecule has 0 aromatic heterocycles. The van der Waals surface area contributed by atoms with Crippen LogP contribution in [0.5, 0.6) is 11.5 Å². The SMILES string of the molecule is CC(=O)c1ccc(OCc2ccc(C(O)c3cccc(C4=NNNN4)c3)cc2)c(Cl)c1O. The van der Waals surface area contributed by atoms with Gasteiger partial charge in [0.2, 0.25) is 0 Å². The van der Waals surface area contributed by atoms with E-state index in [0.717, 1.165) is 22.3 Å². The molecule has 164 valence electrons. The molecule has 32 heavy (non-hydrogen) atoms. The molecular weight excluding hydrogens is 432 g/mol. The minimum absolute atomic E-state index is 0.00335. The Morgan fingerprint density at radius 1 is 1.12 bits per heavy atom. The van der Waals surface area contributed by atoms with Crippen LogP contribution in [-0.4, -0.2) is 21.8 Å². The topological polar surface area (TPSA) is 115 Å². The van der Waals surface area contributed by atoms with Crippen molar-refractivity contribution < 1.29 is 19.7 Å². The van der Waals surface area contributed by atoms with Crippen LogP contribution >= 0.6 is 11.6 Å². The normalized spacial score (nSPS) is 13.7. The summed E-state index contributed by atoms with van der Waals surface area (Å²) in [4.78, 5) is 11.5. The van der Waals surface area contributed by atoms with Gasteiger partial charge in [0.25, 0.3) is 0 Å². The number of phenols is 1. The number of hydrogen-bond acceptors (Lipinski definition) is 8. The van der Waals surface area contributed by atoms with Crippen LogP contribution in [0, 0.1) is 0 Å². The molecule has 1 aliphatic heterocycles. The number of carbonyl (C=O) groups is 1. The van der Waals surface area contributed by atoms with Gasteiger partial charge < -0.3 is 14.9 Å². The minimum Gasteiger partial charge on any atom is -0.505 e. The molecule has 0 fully saturated rings. The highest BCUT2D eigenvalue weighted by molar-refractivity contribution is 6.34. The number of aromatic hydroxyl groups is 1. The lowest BCUT2D eigenvalue weighted by molar-refractivity contribution is 0.101. The summed E-state index contributed by atoms with van der Waals surface area (Å²) in [5, 5.41) is 24.9. The number of halogens is 1. The van der Waals surface area contributed by atoms with Crippen LogP contribution in [0.25, 0.3) is 0 Å². The summed E-state index contributed by atoms with van der Waals surface area (Å²) in [6, 6.07) is 17.8. The summed E-state index contributed by atoms with van der Waals surface area (Å²) in [5.74, 6) is 0.342. The third kappa shape index (κ3) is 4.52. The molecule has 0 saturated carbocycles. The molecule has 5 N–H and O–H groups in total. The van der Waals surface area contributed by atoms with Crippen molar-refractivity contribution in [1.29, 1.82) is 0 Å². The Morgan fingerprint density at radius 2 is 1.91 bits per heavy atom. The number of phenolic OH excluding ortho intramolecular Hbond substituents is 1. The molecule has 3 aromatic rings. The summed E-state index contributed by atoms with van der Waals surface area (Å²) in [5.41, 5.74) is 11.5. The number of aliphatic hydroxyl groups excluding tert-OH is 1. The Kier molecular flexibility index (Phi) is 6.27. The van der Waals surface area contributed by atoms with Crippen LogP contribution in [0.2, 0.25) is 5.02 Å². The van der Waals surface area contributed by atoms with E-state index in [2.05, 4.69) is 21.6 Å². The van der Waals surface area contributed by atoms with E-state index in [0.29, 0.717) is 5.84 Å². The van der Waals surface area contributed by atoms with Crippen molar-refractivity contribution >= 4 is 23.2 Å². The average Bonchev–Trinajstić information content (AvgIpc) is 3.35. The molecule has 1 unspecified atom stereocenters. The maximum Gasteiger partial charge on any atom is 0.170 e. The van der Waals surface area contributed by atoms with E-state index in [1.165, 1.54) is 13.0 Å². The Morgan fingerprint density at radius 3 is 2.59 bits per heavy atom. The van der Waals surface area contributed by atoms with Crippen molar-refractivity contribution in [3.8, 4) is 11.5 Å². The maximum atomic E-state index is 11.5. The summed E-state index contributed by atoms with van der Waals surface area (Å²) in [7, 11) is 0. The number of hydrazone groups is 1. The van der Waals surface area contributed by atoms with E-state index >= 15 is 0 Å². The number of rotatable bonds is 7.